The number of hydrogen-bond acceptors (Lipinski definition) is 6. The largest absolute Gasteiger partial charge is 0.493 e. The maximum atomic E-state index is 13.5. The average Bonchev–Trinajstić information content (AvgIpc) is 3.34. The Kier molecular flexibility index (Phi) is 5.58. The van der Waals surface area contributed by atoms with Crippen LogP contribution in [0.15, 0.2) is 40.9 Å². The summed E-state index contributed by atoms with van der Waals surface area (Å²) in [6, 6.07) is 8.30. The maximum absolute atomic E-state index is 13.5. The number of amides is 1. The van der Waals surface area contributed by atoms with Gasteiger partial charge in [-0.05, 0) is 44.2 Å². The average molecular weight is 429 g/mol. The first-order valence-electron chi connectivity index (χ1n) is 9.79. The number of carbonyl (C=O) groups excluding carboxylic acids is 1. The van der Waals surface area contributed by atoms with E-state index in [1.165, 1.54) is 4.90 Å². The van der Waals surface area contributed by atoms with Crippen molar-refractivity contribution in [3.05, 3.63) is 53.9 Å². The van der Waals surface area contributed by atoms with E-state index in [-0.39, 0.29) is 42.5 Å². The summed E-state index contributed by atoms with van der Waals surface area (Å²) in [5.74, 6) is -0.388. The predicted octanol–water partition coefficient (Wildman–Crippen LogP) is 4.33. The second-order valence-corrected chi connectivity index (χ2v) is 7.52. The minimum atomic E-state index is -0.745. The number of halogens is 2. The Morgan fingerprint density at radius 1 is 1.13 bits per heavy atom. The Bertz CT molecular complexity index is 1100. The van der Waals surface area contributed by atoms with E-state index in [0.717, 1.165) is 18.2 Å². The highest BCUT2D eigenvalue weighted by atomic mass is 19.1. The molecule has 1 amide bonds. The molecule has 4 rings (SSSR count). The highest BCUT2D eigenvalue weighted by Crippen LogP contribution is 2.35. The van der Waals surface area contributed by atoms with E-state index >= 15 is 0 Å². The first kappa shape index (κ1) is 20.8. The number of methoxy groups -OCH3 is 1. The molecule has 0 radical (unpaired) electrons. The molecule has 1 atom stereocenters. The van der Waals surface area contributed by atoms with Crippen LogP contribution < -0.4 is 14.4 Å². The third-order valence-electron chi connectivity index (χ3n) is 4.86. The van der Waals surface area contributed by atoms with Crippen LogP contribution in [0.5, 0.6) is 11.5 Å². The van der Waals surface area contributed by atoms with Crippen LogP contribution in [0.4, 0.5) is 14.5 Å². The molecule has 1 aliphatic heterocycles. The van der Waals surface area contributed by atoms with Crippen LogP contribution in [-0.4, -0.2) is 35.8 Å². The number of anilines is 1. The monoisotopic (exact) mass is 429 g/mol. The fourth-order valence-corrected chi connectivity index (χ4v) is 3.49. The Morgan fingerprint density at radius 2 is 1.87 bits per heavy atom. The molecule has 1 saturated heterocycles. The van der Waals surface area contributed by atoms with Gasteiger partial charge in [0.2, 0.25) is 17.6 Å². The summed E-state index contributed by atoms with van der Waals surface area (Å²) >= 11 is 0. The van der Waals surface area contributed by atoms with Crippen molar-refractivity contribution >= 4 is 11.6 Å². The molecule has 2 aromatic carbocycles. The highest BCUT2D eigenvalue weighted by Gasteiger charge is 2.35. The van der Waals surface area contributed by atoms with Crippen LogP contribution in [-0.2, 0) is 4.79 Å². The van der Waals surface area contributed by atoms with Gasteiger partial charge in [-0.15, -0.1) is 0 Å². The van der Waals surface area contributed by atoms with Crippen molar-refractivity contribution < 1.29 is 27.6 Å². The van der Waals surface area contributed by atoms with Crippen molar-refractivity contribution in [2.24, 2.45) is 0 Å². The summed E-state index contributed by atoms with van der Waals surface area (Å²) in [6.45, 7) is 4.03. The Hall–Kier alpha value is -3.49. The van der Waals surface area contributed by atoms with E-state index < -0.39 is 11.6 Å². The van der Waals surface area contributed by atoms with E-state index in [1.807, 2.05) is 13.8 Å². The van der Waals surface area contributed by atoms with Gasteiger partial charge in [0.25, 0.3) is 0 Å². The maximum Gasteiger partial charge on any atom is 0.232 e. The van der Waals surface area contributed by atoms with E-state index in [0.29, 0.717) is 22.9 Å². The van der Waals surface area contributed by atoms with Gasteiger partial charge in [-0.25, -0.2) is 8.78 Å². The van der Waals surface area contributed by atoms with Crippen molar-refractivity contribution in [2.45, 2.75) is 32.3 Å². The molecule has 0 saturated carbocycles. The molecular formula is C22H21F2N3O4. The van der Waals surface area contributed by atoms with Crippen LogP contribution in [0, 0.1) is 11.6 Å². The summed E-state index contributed by atoms with van der Waals surface area (Å²) in [7, 11) is 1.54. The highest BCUT2D eigenvalue weighted by molar-refractivity contribution is 5.96. The Balaban J connectivity index is 1.55. The lowest BCUT2D eigenvalue weighted by Gasteiger charge is -2.16. The van der Waals surface area contributed by atoms with Gasteiger partial charge in [-0.3, -0.25) is 4.79 Å². The summed E-state index contributed by atoms with van der Waals surface area (Å²) in [6.07, 6.45) is 0.0931. The molecule has 1 aromatic heterocycles. The van der Waals surface area contributed by atoms with Crippen LogP contribution in [0.3, 0.4) is 0 Å². The molecule has 0 bridgehead atoms. The van der Waals surface area contributed by atoms with Gasteiger partial charge in [-0.1, -0.05) is 5.16 Å². The third kappa shape index (κ3) is 4.35. The summed E-state index contributed by atoms with van der Waals surface area (Å²) < 4.78 is 43.6. The zero-order valence-electron chi connectivity index (χ0n) is 17.3. The molecule has 7 nitrogen and oxygen atoms in total. The fraction of sp³-hybridized carbons (Fsp3) is 0.318. The molecule has 0 spiro atoms. The van der Waals surface area contributed by atoms with Gasteiger partial charge < -0.3 is 18.9 Å². The number of carbonyl (C=O) groups is 1. The van der Waals surface area contributed by atoms with Crippen LogP contribution in [0.25, 0.3) is 11.4 Å². The predicted molar refractivity (Wildman–Crippen MR) is 108 cm³/mol. The quantitative estimate of drug-likeness (QED) is 0.580. The molecule has 9 heteroatoms. The third-order valence-corrected chi connectivity index (χ3v) is 4.86. The number of nitrogens with zero attached hydrogens (tertiary/aromatic N) is 3. The van der Waals surface area contributed by atoms with Gasteiger partial charge in [0, 0.05) is 30.3 Å². The number of benzene rings is 2. The van der Waals surface area contributed by atoms with E-state index in [1.54, 1.807) is 25.3 Å². The fourth-order valence-electron chi connectivity index (χ4n) is 3.49. The van der Waals surface area contributed by atoms with Crippen molar-refractivity contribution in [1.29, 1.82) is 0 Å². The second kappa shape index (κ2) is 8.33. The molecule has 1 unspecified atom stereocenters. The van der Waals surface area contributed by atoms with Gasteiger partial charge >= 0.3 is 0 Å². The normalized spacial score (nSPS) is 16.3. The zero-order chi connectivity index (χ0) is 22.1. The molecule has 162 valence electrons. The lowest BCUT2D eigenvalue weighted by atomic mass is 10.1. The smallest absolute Gasteiger partial charge is 0.232 e. The molecule has 31 heavy (non-hydrogen) atoms. The molecule has 1 aliphatic rings. The van der Waals surface area contributed by atoms with Crippen molar-refractivity contribution in [3.63, 3.8) is 0 Å². The molecule has 3 aromatic rings. The Morgan fingerprint density at radius 3 is 2.55 bits per heavy atom. The first-order valence-corrected chi connectivity index (χ1v) is 9.79. The van der Waals surface area contributed by atoms with Crippen molar-refractivity contribution in [3.8, 4) is 22.9 Å². The lowest BCUT2D eigenvalue weighted by Crippen LogP contribution is -2.24. The first-order chi connectivity index (χ1) is 14.8. The SMILES string of the molecule is COc1cc(-c2noc(C3CC(=O)N(c4cc(F)cc(F)c4)C3)n2)ccc1OC(C)C. The van der Waals surface area contributed by atoms with Gasteiger partial charge in [0.15, 0.2) is 11.5 Å². The summed E-state index contributed by atoms with van der Waals surface area (Å²) in [5.41, 5.74) is 0.826. The summed E-state index contributed by atoms with van der Waals surface area (Å²) in [5, 5.41) is 4.02. The second-order valence-electron chi connectivity index (χ2n) is 7.52. The summed E-state index contributed by atoms with van der Waals surface area (Å²) in [4.78, 5) is 18.2. The van der Waals surface area contributed by atoms with Gasteiger partial charge in [0.1, 0.15) is 11.6 Å². The van der Waals surface area contributed by atoms with E-state index in [9.17, 15) is 13.6 Å². The minimum Gasteiger partial charge on any atom is -0.493 e. The number of aromatic nitrogens is 2. The van der Waals surface area contributed by atoms with Gasteiger partial charge in [0.05, 0.1) is 19.1 Å². The number of ether oxygens (including phenoxy) is 2. The zero-order valence-corrected chi connectivity index (χ0v) is 17.3. The Labute approximate surface area is 177 Å². The van der Waals surface area contributed by atoms with Crippen molar-refractivity contribution in [1.82, 2.24) is 10.1 Å². The van der Waals surface area contributed by atoms with Crippen LogP contribution in [0.2, 0.25) is 0 Å². The molecular weight excluding hydrogens is 408 g/mol. The molecule has 0 aliphatic carbocycles. The minimum absolute atomic E-state index is 0.00839. The van der Waals surface area contributed by atoms with E-state index in [4.69, 9.17) is 14.0 Å². The topological polar surface area (TPSA) is 77.7 Å². The van der Waals surface area contributed by atoms with Crippen LogP contribution >= 0.6 is 0 Å². The molecule has 0 N–H and O–H groups in total. The number of hydrogen-bond donors (Lipinski definition) is 0. The lowest BCUT2D eigenvalue weighted by molar-refractivity contribution is -0.117. The van der Waals surface area contributed by atoms with E-state index in [2.05, 4.69) is 10.1 Å². The number of rotatable bonds is 6. The standard InChI is InChI=1S/C22H21F2N3O4/c1-12(2)30-18-5-4-13(6-19(18)29-3)21-25-22(31-26-21)14-7-20(28)27(11-14)17-9-15(23)8-16(24)10-17/h4-6,8-10,12,14H,7,11H2,1-3H3. The molecule has 1 fully saturated rings. The molecule has 2 heterocycles. The van der Waals surface area contributed by atoms with Crippen LogP contribution in [0.1, 0.15) is 32.1 Å². The van der Waals surface area contributed by atoms with Gasteiger partial charge in [-0.2, -0.15) is 4.98 Å². The van der Waals surface area contributed by atoms with Crippen molar-refractivity contribution in [2.75, 3.05) is 18.6 Å².